The molecular formula is C18H14F3N3O3S. The average Bonchev–Trinajstić information content (AvgIpc) is 2.66. The normalized spacial score (nSPS) is 11.5. The zero-order chi connectivity index (χ0) is 20.3. The van der Waals surface area contributed by atoms with Gasteiger partial charge in [0, 0.05) is 18.2 Å². The number of nitrogens with zero attached hydrogens (tertiary/aromatic N) is 2. The molecule has 3 aromatic rings. The molecule has 2 aromatic carbocycles. The summed E-state index contributed by atoms with van der Waals surface area (Å²) in [5.74, 6) is -2.41. The summed E-state index contributed by atoms with van der Waals surface area (Å²) in [4.78, 5) is 11.1. The van der Waals surface area contributed by atoms with Crippen LogP contribution < -0.4 is 10.3 Å². The maximum absolute atomic E-state index is 13.7. The molecule has 10 heteroatoms. The highest BCUT2D eigenvalue weighted by Crippen LogP contribution is 2.16. The van der Waals surface area contributed by atoms with E-state index >= 15 is 0 Å². The van der Waals surface area contributed by atoms with Gasteiger partial charge in [0.05, 0.1) is 12.2 Å². The van der Waals surface area contributed by atoms with E-state index in [1.807, 2.05) is 0 Å². The number of hydrogen-bond donors (Lipinski definition) is 1. The molecule has 0 atom stereocenters. The Kier molecular flexibility index (Phi) is 5.61. The summed E-state index contributed by atoms with van der Waals surface area (Å²) >= 11 is 0. The first-order chi connectivity index (χ1) is 13.3. The van der Waals surface area contributed by atoms with Crippen molar-refractivity contribution in [3.05, 3.63) is 82.4 Å². The lowest BCUT2D eigenvalue weighted by atomic mass is 10.1. The molecule has 28 heavy (non-hydrogen) atoms. The van der Waals surface area contributed by atoms with Gasteiger partial charge in [-0.05, 0) is 48.5 Å². The van der Waals surface area contributed by atoms with E-state index in [0.29, 0.717) is 23.4 Å². The molecule has 0 aliphatic rings. The van der Waals surface area contributed by atoms with Gasteiger partial charge in [-0.2, -0.15) is 5.10 Å². The van der Waals surface area contributed by atoms with Crippen molar-refractivity contribution in [1.82, 2.24) is 14.5 Å². The Hall–Kier alpha value is -2.98. The Labute approximate surface area is 158 Å². The Bertz CT molecular complexity index is 1160. The van der Waals surface area contributed by atoms with E-state index in [2.05, 4.69) is 9.82 Å². The molecule has 0 spiro atoms. The van der Waals surface area contributed by atoms with Gasteiger partial charge in [-0.1, -0.05) is 0 Å². The maximum Gasteiger partial charge on any atom is 0.266 e. The summed E-state index contributed by atoms with van der Waals surface area (Å²) < 4.78 is 67.3. The van der Waals surface area contributed by atoms with Crippen molar-refractivity contribution < 1.29 is 21.6 Å². The maximum atomic E-state index is 13.7. The van der Waals surface area contributed by atoms with Gasteiger partial charge in [-0.3, -0.25) is 4.79 Å². The van der Waals surface area contributed by atoms with Gasteiger partial charge in [0.1, 0.15) is 22.3 Å². The van der Waals surface area contributed by atoms with Gasteiger partial charge in [0.25, 0.3) is 5.56 Å². The van der Waals surface area contributed by atoms with Gasteiger partial charge in [-0.25, -0.2) is 31.0 Å². The summed E-state index contributed by atoms with van der Waals surface area (Å²) in [6.07, 6.45) is 0. The molecule has 0 saturated heterocycles. The standard InChI is InChI=1S/C18H14F3N3O3S/c19-13-3-1-12(2-4-13)16-7-8-18(25)24(23-16)10-9-22-28(26,27)17-11-14(20)5-6-15(17)21/h1-8,11,22H,9-10H2. The van der Waals surface area contributed by atoms with E-state index in [4.69, 9.17) is 0 Å². The van der Waals surface area contributed by atoms with Crippen molar-refractivity contribution in [1.29, 1.82) is 0 Å². The van der Waals surface area contributed by atoms with Gasteiger partial charge in [-0.15, -0.1) is 0 Å². The fourth-order valence-electron chi connectivity index (χ4n) is 2.43. The van der Waals surface area contributed by atoms with Crippen LogP contribution in [0.2, 0.25) is 0 Å². The monoisotopic (exact) mass is 409 g/mol. The Morgan fingerprint density at radius 3 is 2.32 bits per heavy atom. The molecule has 0 unspecified atom stereocenters. The predicted octanol–water partition coefficient (Wildman–Crippen LogP) is 2.31. The fourth-order valence-corrected chi connectivity index (χ4v) is 3.54. The minimum atomic E-state index is -4.31. The fraction of sp³-hybridized carbons (Fsp3) is 0.111. The average molecular weight is 409 g/mol. The number of halogens is 3. The molecule has 0 aliphatic carbocycles. The number of nitrogens with one attached hydrogen (secondary N) is 1. The van der Waals surface area contributed by atoms with Crippen LogP contribution in [-0.4, -0.2) is 24.7 Å². The second kappa shape index (κ2) is 7.95. The highest BCUT2D eigenvalue weighted by Gasteiger charge is 2.19. The number of benzene rings is 2. The lowest BCUT2D eigenvalue weighted by Crippen LogP contribution is -2.32. The van der Waals surface area contributed by atoms with Crippen LogP contribution in [0.1, 0.15) is 0 Å². The van der Waals surface area contributed by atoms with Gasteiger partial charge >= 0.3 is 0 Å². The van der Waals surface area contributed by atoms with Crippen molar-refractivity contribution in [3.63, 3.8) is 0 Å². The van der Waals surface area contributed by atoms with Crippen LogP contribution in [0, 0.1) is 17.5 Å². The molecule has 3 rings (SSSR count). The van der Waals surface area contributed by atoms with E-state index in [0.717, 1.165) is 10.7 Å². The molecule has 0 amide bonds. The first-order valence-electron chi connectivity index (χ1n) is 8.05. The Morgan fingerprint density at radius 1 is 0.929 bits per heavy atom. The lowest BCUT2D eigenvalue weighted by Gasteiger charge is -2.10. The van der Waals surface area contributed by atoms with Crippen LogP contribution in [0.15, 0.2) is 64.3 Å². The second-order valence-corrected chi connectivity index (χ2v) is 7.49. The minimum Gasteiger partial charge on any atom is -0.268 e. The summed E-state index contributed by atoms with van der Waals surface area (Å²) in [6, 6.07) is 10.2. The van der Waals surface area contributed by atoms with Crippen molar-refractivity contribution >= 4 is 10.0 Å². The number of rotatable bonds is 6. The summed E-state index contributed by atoms with van der Waals surface area (Å²) in [6.45, 7) is -0.428. The number of hydrogen-bond acceptors (Lipinski definition) is 4. The van der Waals surface area contributed by atoms with Crippen LogP contribution in [0.25, 0.3) is 11.3 Å². The van der Waals surface area contributed by atoms with E-state index in [1.54, 1.807) is 0 Å². The molecule has 1 heterocycles. The van der Waals surface area contributed by atoms with E-state index in [-0.39, 0.29) is 13.1 Å². The SMILES string of the molecule is O=c1ccc(-c2ccc(F)cc2)nn1CCNS(=O)(=O)c1cc(F)ccc1F. The number of sulfonamides is 1. The molecule has 0 radical (unpaired) electrons. The Balaban J connectivity index is 1.76. The molecule has 0 fully saturated rings. The third-order valence-corrected chi connectivity index (χ3v) is 5.28. The minimum absolute atomic E-state index is 0.149. The van der Waals surface area contributed by atoms with Crippen LogP contribution >= 0.6 is 0 Å². The Morgan fingerprint density at radius 2 is 1.61 bits per heavy atom. The predicted molar refractivity (Wildman–Crippen MR) is 95.4 cm³/mol. The van der Waals surface area contributed by atoms with Crippen LogP contribution in [-0.2, 0) is 16.6 Å². The van der Waals surface area contributed by atoms with Crippen molar-refractivity contribution in [2.24, 2.45) is 0 Å². The molecular weight excluding hydrogens is 395 g/mol. The van der Waals surface area contributed by atoms with E-state index in [1.165, 1.54) is 36.4 Å². The van der Waals surface area contributed by atoms with Crippen LogP contribution in [0.5, 0.6) is 0 Å². The lowest BCUT2D eigenvalue weighted by molar-refractivity contribution is 0.532. The van der Waals surface area contributed by atoms with Crippen molar-refractivity contribution in [2.45, 2.75) is 11.4 Å². The molecule has 0 bridgehead atoms. The molecule has 1 N–H and O–H groups in total. The first kappa shape index (κ1) is 19.8. The van der Waals surface area contributed by atoms with E-state index in [9.17, 15) is 26.4 Å². The molecule has 0 saturated carbocycles. The molecule has 146 valence electrons. The first-order valence-corrected chi connectivity index (χ1v) is 9.53. The quantitative estimate of drug-likeness (QED) is 0.678. The van der Waals surface area contributed by atoms with Gasteiger partial charge < -0.3 is 0 Å². The van der Waals surface area contributed by atoms with Crippen LogP contribution in [0.3, 0.4) is 0 Å². The summed E-state index contributed by atoms with van der Waals surface area (Å²) in [5.41, 5.74) is 0.471. The topological polar surface area (TPSA) is 81.1 Å². The van der Waals surface area contributed by atoms with Crippen LogP contribution in [0.4, 0.5) is 13.2 Å². The third-order valence-electron chi connectivity index (χ3n) is 3.81. The summed E-state index contributed by atoms with van der Waals surface area (Å²) in [5, 5.41) is 4.11. The number of aromatic nitrogens is 2. The van der Waals surface area contributed by atoms with Crippen molar-refractivity contribution in [2.75, 3.05) is 6.54 Å². The molecule has 6 nitrogen and oxygen atoms in total. The zero-order valence-electron chi connectivity index (χ0n) is 14.3. The largest absolute Gasteiger partial charge is 0.268 e. The highest BCUT2D eigenvalue weighted by atomic mass is 32.2. The van der Waals surface area contributed by atoms with Crippen molar-refractivity contribution in [3.8, 4) is 11.3 Å². The molecule has 0 aliphatic heterocycles. The highest BCUT2D eigenvalue weighted by molar-refractivity contribution is 7.89. The summed E-state index contributed by atoms with van der Waals surface area (Å²) in [7, 11) is -4.31. The van der Waals surface area contributed by atoms with Gasteiger partial charge in [0.15, 0.2) is 0 Å². The van der Waals surface area contributed by atoms with E-state index < -0.39 is 37.9 Å². The molecule has 1 aromatic heterocycles. The smallest absolute Gasteiger partial charge is 0.266 e. The second-order valence-electron chi connectivity index (χ2n) is 5.76. The zero-order valence-corrected chi connectivity index (χ0v) is 15.1. The van der Waals surface area contributed by atoms with Gasteiger partial charge in [0.2, 0.25) is 10.0 Å². The third kappa shape index (κ3) is 4.46.